The largest absolute Gasteiger partial charge is 0.330 e. The van der Waals surface area contributed by atoms with Gasteiger partial charge < -0.3 is 5.73 Å². The predicted molar refractivity (Wildman–Crippen MR) is 62.7 cm³/mol. The summed E-state index contributed by atoms with van der Waals surface area (Å²) in [6.45, 7) is 0.869. The molecule has 0 saturated heterocycles. The average Bonchev–Trinajstić information content (AvgIpc) is 2.72. The third kappa shape index (κ3) is 2.37. The highest BCUT2D eigenvalue weighted by Gasteiger charge is 2.21. The Morgan fingerprint density at radius 2 is 2.07 bits per heavy atom. The van der Waals surface area contributed by atoms with Crippen molar-refractivity contribution in [3.8, 4) is 0 Å². The summed E-state index contributed by atoms with van der Waals surface area (Å²) in [7, 11) is 0. The van der Waals surface area contributed by atoms with Crippen molar-refractivity contribution in [1.82, 2.24) is 0 Å². The number of hydrogen-bond acceptors (Lipinski definition) is 2. The van der Waals surface area contributed by atoms with Crippen LogP contribution in [-0.2, 0) is 0 Å². The minimum Gasteiger partial charge on any atom is -0.330 e. The average molecular weight is 209 g/mol. The molecule has 1 aromatic heterocycles. The quantitative estimate of drug-likeness (QED) is 0.811. The van der Waals surface area contributed by atoms with Crippen LogP contribution in [0.25, 0.3) is 0 Å². The summed E-state index contributed by atoms with van der Waals surface area (Å²) in [5.41, 5.74) is 7.16. The molecule has 1 saturated carbocycles. The highest BCUT2D eigenvalue weighted by Crippen LogP contribution is 2.37. The third-order valence-electron chi connectivity index (χ3n) is 3.44. The van der Waals surface area contributed by atoms with Crippen LogP contribution in [0.15, 0.2) is 16.8 Å². The van der Waals surface area contributed by atoms with Crippen LogP contribution >= 0.6 is 11.3 Å². The lowest BCUT2D eigenvalue weighted by molar-refractivity contribution is 0.314. The zero-order valence-corrected chi connectivity index (χ0v) is 9.43. The Morgan fingerprint density at radius 3 is 2.64 bits per heavy atom. The summed E-state index contributed by atoms with van der Waals surface area (Å²) in [5.74, 6) is 1.75. The van der Waals surface area contributed by atoms with Crippen molar-refractivity contribution in [2.75, 3.05) is 6.54 Å². The van der Waals surface area contributed by atoms with Crippen LogP contribution in [-0.4, -0.2) is 6.54 Å². The van der Waals surface area contributed by atoms with Crippen LogP contribution in [0.5, 0.6) is 0 Å². The van der Waals surface area contributed by atoms with Gasteiger partial charge in [0.2, 0.25) is 0 Å². The van der Waals surface area contributed by atoms with Gasteiger partial charge >= 0.3 is 0 Å². The molecule has 1 aliphatic rings. The molecule has 1 nitrogen and oxygen atoms in total. The van der Waals surface area contributed by atoms with Gasteiger partial charge in [0.25, 0.3) is 0 Å². The van der Waals surface area contributed by atoms with Crippen LogP contribution in [0.1, 0.15) is 43.6 Å². The summed E-state index contributed by atoms with van der Waals surface area (Å²) < 4.78 is 0. The van der Waals surface area contributed by atoms with Crippen molar-refractivity contribution >= 4 is 11.3 Å². The minimum absolute atomic E-state index is 0.843. The van der Waals surface area contributed by atoms with Gasteiger partial charge in [-0.3, -0.25) is 0 Å². The van der Waals surface area contributed by atoms with E-state index in [1.165, 1.54) is 32.1 Å². The fraction of sp³-hybridized carbons (Fsp3) is 0.667. The molecule has 0 unspecified atom stereocenters. The first-order chi connectivity index (χ1) is 6.90. The lowest BCUT2D eigenvalue weighted by atomic mass is 9.78. The van der Waals surface area contributed by atoms with Gasteiger partial charge in [-0.2, -0.15) is 11.3 Å². The van der Waals surface area contributed by atoms with Crippen molar-refractivity contribution in [2.24, 2.45) is 11.7 Å². The molecule has 0 bridgehead atoms. The Kier molecular flexibility index (Phi) is 3.60. The van der Waals surface area contributed by atoms with Gasteiger partial charge in [-0.25, -0.2) is 0 Å². The first-order valence-corrected chi connectivity index (χ1v) is 6.56. The van der Waals surface area contributed by atoms with E-state index in [-0.39, 0.29) is 0 Å². The van der Waals surface area contributed by atoms with Crippen LogP contribution in [0.4, 0.5) is 0 Å². The Balaban J connectivity index is 1.84. The topological polar surface area (TPSA) is 26.0 Å². The zero-order chi connectivity index (χ0) is 9.80. The number of rotatable bonds is 3. The maximum Gasteiger partial charge on any atom is -0.00584 e. The zero-order valence-electron chi connectivity index (χ0n) is 8.61. The molecule has 1 aromatic rings. The van der Waals surface area contributed by atoms with Crippen molar-refractivity contribution in [3.63, 3.8) is 0 Å². The van der Waals surface area contributed by atoms with Gasteiger partial charge in [0.15, 0.2) is 0 Å². The van der Waals surface area contributed by atoms with E-state index in [0.29, 0.717) is 0 Å². The summed E-state index contributed by atoms with van der Waals surface area (Å²) in [6, 6.07) is 2.29. The molecule has 1 fully saturated rings. The monoisotopic (exact) mass is 209 g/mol. The lowest BCUT2D eigenvalue weighted by Gasteiger charge is -2.27. The Bertz CT molecular complexity index is 247. The van der Waals surface area contributed by atoms with Gasteiger partial charge in [0.1, 0.15) is 0 Å². The molecule has 78 valence electrons. The van der Waals surface area contributed by atoms with Gasteiger partial charge in [-0.15, -0.1) is 0 Å². The van der Waals surface area contributed by atoms with Crippen LogP contribution in [0, 0.1) is 5.92 Å². The first-order valence-electron chi connectivity index (χ1n) is 5.62. The van der Waals surface area contributed by atoms with Crippen molar-refractivity contribution in [1.29, 1.82) is 0 Å². The van der Waals surface area contributed by atoms with Crippen molar-refractivity contribution < 1.29 is 0 Å². The number of hydrogen-bond donors (Lipinski definition) is 1. The molecule has 0 amide bonds. The maximum absolute atomic E-state index is 5.59. The lowest BCUT2D eigenvalue weighted by Crippen LogP contribution is -2.16. The van der Waals surface area contributed by atoms with E-state index in [1.54, 1.807) is 5.56 Å². The minimum atomic E-state index is 0.843. The SMILES string of the molecule is NCCC1CCC(c2ccsc2)CC1. The summed E-state index contributed by atoms with van der Waals surface area (Å²) >= 11 is 1.82. The molecule has 0 aliphatic heterocycles. The van der Waals surface area contributed by atoms with Crippen molar-refractivity contribution in [3.05, 3.63) is 22.4 Å². The van der Waals surface area contributed by atoms with E-state index < -0.39 is 0 Å². The predicted octanol–water partition coefficient (Wildman–Crippen LogP) is 3.37. The highest BCUT2D eigenvalue weighted by molar-refractivity contribution is 7.07. The smallest absolute Gasteiger partial charge is 0.00584 e. The fourth-order valence-corrected chi connectivity index (χ4v) is 3.27. The number of nitrogens with two attached hydrogens (primary N) is 1. The third-order valence-corrected chi connectivity index (χ3v) is 4.14. The molecule has 2 N–H and O–H groups in total. The van der Waals surface area contributed by atoms with E-state index in [0.717, 1.165) is 18.4 Å². The van der Waals surface area contributed by atoms with Crippen LogP contribution in [0.2, 0.25) is 0 Å². The van der Waals surface area contributed by atoms with Gasteiger partial charge in [0, 0.05) is 0 Å². The van der Waals surface area contributed by atoms with E-state index in [2.05, 4.69) is 16.8 Å². The second kappa shape index (κ2) is 4.94. The van der Waals surface area contributed by atoms with Crippen LogP contribution < -0.4 is 5.73 Å². The fourth-order valence-electron chi connectivity index (χ4n) is 2.53. The molecule has 0 radical (unpaired) electrons. The molecule has 2 heteroatoms. The van der Waals surface area contributed by atoms with Crippen LogP contribution in [0.3, 0.4) is 0 Å². The molecule has 0 aromatic carbocycles. The number of thiophene rings is 1. The molecule has 14 heavy (non-hydrogen) atoms. The standard InChI is InChI=1S/C12H19NS/c13-7-5-10-1-3-11(4-2-10)12-6-8-14-9-12/h6,8-11H,1-5,7,13H2. The molecular formula is C12H19NS. The molecule has 0 atom stereocenters. The Hall–Kier alpha value is -0.340. The van der Waals surface area contributed by atoms with E-state index in [9.17, 15) is 0 Å². The molecule has 1 heterocycles. The molecule has 1 aliphatic carbocycles. The van der Waals surface area contributed by atoms with E-state index in [1.807, 2.05) is 11.3 Å². The molecular weight excluding hydrogens is 190 g/mol. The van der Waals surface area contributed by atoms with Crippen molar-refractivity contribution in [2.45, 2.75) is 38.0 Å². The van der Waals surface area contributed by atoms with Gasteiger partial charge in [0.05, 0.1) is 0 Å². The second-order valence-electron chi connectivity index (χ2n) is 4.35. The normalized spacial score (nSPS) is 27.8. The summed E-state index contributed by atoms with van der Waals surface area (Å²) in [5, 5.41) is 4.51. The second-order valence-corrected chi connectivity index (χ2v) is 5.13. The van der Waals surface area contributed by atoms with Gasteiger partial charge in [-0.05, 0) is 72.9 Å². The molecule has 0 spiro atoms. The first kappa shape index (κ1) is 10.2. The van der Waals surface area contributed by atoms with E-state index in [4.69, 9.17) is 5.73 Å². The highest BCUT2D eigenvalue weighted by atomic mass is 32.1. The van der Waals surface area contributed by atoms with E-state index >= 15 is 0 Å². The maximum atomic E-state index is 5.59. The Labute approximate surface area is 90.3 Å². The Morgan fingerprint density at radius 1 is 1.29 bits per heavy atom. The molecule has 2 rings (SSSR count). The summed E-state index contributed by atoms with van der Waals surface area (Å²) in [6.07, 6.45) is 6.76. The summed E-state index contributed by atoms with van der Waals surface area (Å²) in [4.78, 5) is 0. The van der Waals surface area contributed by atoms with Gasteiger partial charge in [-0.1, -0.05) is 0 Å².